The molecule has 0 saturated heterocycles. The molecule has 0 aliphatic rings. The van der Waals surface area contributed by atoms with Crippen LogP contribution < -0.4 is 9.86 Å². The molecule has 0 unspecified atom stereocenters. The van der Waals surface area contributed by atoms with E-state index in [1.807, 2.05) is 4.72 Å². The molecule has 78 valence electrons. The van der Waals surface area contributed by atoms with Crippen molar-refractivity contribution >= 4 is 16.2 Å². The lowest BCUT2D eigenvalue weighted by Gasteiger charge is -2.15. The fraction of sp³-hybridized carbons (Fsp3) is 0.833. The number of aliphatic carboxylic acids is 1. The highest BCUT2D eigenvalue weighted by molar-refractivity contribution is 7.87. The zero-order valence-electron chi connectivity index (χ0n) is 7.52. The first-order chi connectivity index (χ1) is 5.74. The Morgan fingerprint density at radius 2 is 2.00 bits per heavy atom. The van der Waals surface area contributed by atoms with Gasteiger partial charge in [0.05, 0.1) is 5.92 Å². The number of hydrogen-bond acceptors (Lipinski definition) is 3. The van der Waals surface area contributed by atoms with Gasteiger partial charge in [-0.05, 0) is 5.92 Å². The van der Waals surface area contributed by atoms with Crippen molar-refractivity contribution in [2.24, 2.45) is 17.0 Å². The van der Waals surface area contributed by atoms with Crippen molar-refractivity contribution in [1.29, 1.82) is 0 Å². The highest BCUT2D eigenvalue weighted by Crippen LogP contribution is 2.09. The summed E-state index contributed by atoms with van der Waals surface area (Å²) in [5.41, 5.74) is 0. The molecular formula is C6H14N2O4S. The number of nitrogens with one attached hydrogen (secondary N) is 1. The van der Waals surface area contributed by atoms with E-state index in [0.29, 0.717) is 0 Å². The minimum Gasteiger partial charge on any atom is -0.481 e. The quantitative estimate of drug-likeness (QED) is 0.548. The van der Waals surface area contributed by atoms with Crippen molar-refractivity contribution in [1.82, 2.24) is 4.72 Å². The largest absolute Gasteiger partial charge is 0.481 e. The van der Waals surface area contributed by atoms with Gasteiger partial charge in [0, 0.05) is 6.54 Å². The Balaban J connectivity index is 4.22. The maximum absolute atomic E-state index is 10.6. The highest BCUT2D eigenvalue weighted by Gasteiger charge is 2.22. The summed E-state index contributed by atoms with van der Waals surface area (Å²) in [7, 11) is -3.80. The van der Waals surface area contributed by atoms with Crippen molar-refractivity contribution < 1.29 is 18.3 Å². The Bertz CT molecular complexity index is 272. The maximum atomic E-state index is 10.6. The average molecular weight is 210 g/mol. The van der Waals surface area contributed by atoms with Crippen molar-refractivity contribution in [2.45, 2.75) is 13.8 Å². The summed E-state index contributed by atoms with van der Waals surface area (Å²) in [6.45, 7) is 3.22. The molecular weight excluding hydrogens is 196 g/mol. The summed E-state index contributed by atoms with van der Waals surface area (Å²) in [5.74, 6) is -1.93. The first-order valence-corrected chi connectivity index (χ1v) is 5.29. The number of carbonyl (C=O) groups is 1. The highest BCUT2D eigenvalue weighted by atomic mass is 32.2. The molecule has 6 nitrogen and oxygen atoms in total. The monoisotopic (exact) mass is 210 g/mol. The van der Waals surface area contributed by atoms with Gasteiger partial charge < -0.3 is 5.11 Å². The minimum absolute atomic E-state index is 0.147. The van der Waals surface area contributed by atoms with E-state index in [0.717, 1.165) is 0 Å². The molecule has 7 heteroatoms. The fourth-order valence-corrected chi connectivity index (χ4v) is 1.23. The number of carboxylic acids is 1. The molecule has 0 aromatic heterocycles. The van der Waals surface area contributed by atoms with Crippen LogP contribution >= 0.6 is 0 Å². The third-order valence-electron chi connectivity index (χ3n) is 1.63. The van der Waals surface area contributed by atoms with E-state index in [-0.39, 0.29) is 12.5 Å². The molecule has 0 rings (SSSR count). The van der Waals surface area contributed by atoms with Crippen LogP contribution in [-0.2, 0) is 15.0 Å². The lowest BCUT2D eigenvalue weighted by Crippen LogP contribution is -2.38. The van der Waals surface area contributed by atoms with Gasteiger partial charge in [0.25, 0.3) is 10.2 Å². The zero-order chi connectivity index (χ0) is 10.6. The minimum atomic E-state index is -3.80. The lowest BCUT2D eigenvalue weighted by molar-refractivity contribution is -0.142. The molecule has 0 saturated carbocycles. The molecule has 0 fully saturated rings. The molecule has 0 aliphatic heterocycles. The summed E-state index contributed by atoms with van der Waals surface area (Å²) in [6.07, 6.45) is 0. The van der Waals surface area contributed by atoms with Gasteiger partial charge in [0.1, 0.15) is 0 Å². The van der Waals surface area contributed by atoms with Gasteiger partial charge in [0.15, 0.2) is 0 Å². The van der Waals surface area contributed by atoms with Gasteiger partial charge in [-0.2, -0.15) is 8.42 Å². The van der Waals surface area contributed by atoms with E-state index < -0.39 is 22.1 Å². The first-order valence-electron chi connectivity index (χ1n) is 3.74. The zero-order valence-corrected chi connectivity index (χ0v) is 8.34. The van der Waals surface area contributed by atoms with Crippen molar-refractivity contribution in [3.05, 3.63) is 0 Å². The maximum Gasteiger partial charge on any atom is 0.308 e. The van der Waals surface area contributed by atoms with Gasteiger partial charge >= 0.3 is 5.97 Å². The Morgan fingerprint density at radius 1 is 1.54 bits per heavy atom. The Hall–Kier alpha value is -0.660. The van der Waals surface area contributed by atoms with E-state index >= 15 is 0 Å². The topological polar surface area (TPSA) is 109 Å². The number of carboxylic acid groups (broad SMARTS) is 1. The van der Waals surface area contributed by atoms with Crippen molar-refractivity contribution in [3.8, 4) is 0 Å². The molecule has 0 aromatic rings. The van der Waals surface area contributed by atoms with E-state index in [4.69, 9.17) is 5.11 Å². The summed E-state index contributed by atoms with van der Waals surface area (Å²) < 4.78 is 22.9. The SMILES string of the molecule is CC(C)[C@@H](CNS(N)(=O)=O)C(=O)O. The van der Waals surface area contributed by atoms with Crippen LogP contribution in [0.15, 0.2) is 0 Å². The van der Waals surface area contributed by atoms with E-state index in [1.54, 1.807) is 13.8 Å². The molecule has 0 amide bonds. The fourth-order valence-electron chi connectivity index (χ4n) is 0.814. The lowest BCUT2D eigenvalue weighted by atomic mass is 9.97. The summed E-state index contributed by atoms with van der Waals surface area (Å²) in [5, 5.41) is 13.3. The third kappa shape index (κ3) is 5.56. The predicted molar refractivity (Wildman–Crippen MR) is 47.1 cm³/mol. The summed E-state index contributed by atoms with van der Waals surface area (Å²) in [4.78, 5) is 10.6. The molecule has 0 aliphatic carbocycles. The normalized spacial score (nSPS) is 14.5. The number of hydrogen-bond donors (Lipinski definition) is 3. The van der Waals surface area contributed by atoms with Gasteiger partial charge in [-0.3, -0.25) is 4.79 Å². The second-order valence-electron chi connectivity index (χ2n) is 3.08. The third-order valence-corrected chi connectivity index (χ3v) is 2.20. The van der Waals surface area contributed by atoms with Crippen molar-refractivity contribution in [3.63, 3.8) is 0 Å². The molecule has 0 spiro atoms. The molecule has 13 heavy (non-hydrogen) atoms. The molecule has 0 bridgehead atoms. The number of rotatable bonds is 5. The van der Waals surface area contributed by atoms with Crippen LogP contribution in [0, 0.1) is 11.8 Å². The average Bonchev–Trinajstić information content (AvgIpc) is 1.82. The number of nitrogens with two attached hydrogens (primary N) is 1. The van der Waals surface area contributed by atoms with Crippen LogP contribution in [0.1, 0.15) is 13.8 Å². The predicted octanol–water partition coefficient (Wildman–Crippen LogP) is -0.864. The second kappa shape index (κ2) is 4.54. The van der Waals surface area contributed by atoms with Gasteiger partial charge in [0.2, 0.25) is 0 Å². The van der Waals surface area contributed by atoms with Gasteiger partial charge in [-0.15, -0.1) is 0 Å². The van der Waals surface area contributed by atoms with Crippen molar-refractivity contribution in [2.75, 3.05) is 6.54 Å². The van der Waals surface area contributed by atoms with E-state index in [1.165, 1.54) is 0 Å². The van der Waals surface area contributed by atoms with Crippen LogP contribution in [0.3, 0.4) is 0 Å². The second-order valence-corrected chi connectivity index (χ2v) is 4.46. The molecule has 1 atom stereocenters. The summed E-state index contributed by atoms with van der Waals surface area (Å²) >= 11 is 0. The molecule has 0 radical (unpaired) electrons. The van der Waals surface area contributed by atoms with Crippen LogP contribution in [0.4, 0.5) is 0 Å². The van der Waals surface area contributed by atoms with Gasteiger partial charge in [-0.1, -0.05) is 13.8 Å². The van der Waals surface area contributed by atoms with E-state index in [2.05, 4.69) is 5.14 Å². The standard InChI is InChI=1S/C6H14N2O4S/c1-4(2)5(6(9)10)3-8-13(7,11)12/h4-5,8H,3H2,1-2H3,(H,9,10)(H2,7,11,12)/t5-/m1/s1. The first kappa shape index (κ1) is 12.3. The molecule has 0 aromatic carbocycles. The summed E-state index contributed by atoms with van der Waals surface area (Å²) in [6, 6.07) is 0. The smallest absolute Gasteiger partial charge is 0.308 e. The van der Waals surface area contributed by atoms with Crippen LogP contribution in [0.5, 0.6) is 0 Å². The van der Waals surface area contributed by atoms with Gasteiger partial charge in [-0.25, -0.2) is 9.86 Å². The van der Waals surface area contributed by atoms with Crippen LogP contribution in [0.25, 0.3) is 0 Å². The molecule has 0 heterocycles. The van der Waals surface area contributed by atoms with E-state index in [9.17, 15) is 13.2 Å². The van der Waals surface area contributed by atoms with Crippen LogP contribution in [-0.4, -0.2) is 26.0 Å². The Morgan fingerprint density at radius 3 is 2.23 bits per heavy atom. The Labute approximate surface area is 77.3 Å². The van der Waals surface area contributed by atoms with Crippen LogP contribution in [0.2, 0.25) is 0 Å². The molecule has 4 N–H and O–H groups in total. The Kier molecular flexibility index (Phi) is 4.31.